The Kier molecular flexibility index (Phi) is 6.31. The topological polar surface area (TPSA) is 61.8 Å². The highest BCUT2D eigenvalue weighted by molar-refractivity contribution is 5.87. The van der Waals surface area contributed by atoms with Crippen molar-refractivity contribution in [2.45, 2.75) is 0 Å². The summed E-state index contributed by atoms with van der Waals surface area (Å²) in [5, 5.41) is 4.13. The second kappa shape index (κ2) is 8.96. The highest BCUT2D eigenvalue weighted by atomic mass is 17.5. The van der Waals surface area contributed by atoms with Gasteiger partial charge in [0.25, 0.3) is 0 Å². The predicted octanol–water partition coefficient (Wildman–Crippen LogP) is 3.35. The molecule has 0 bridgehead atoms. The zero-order chi connectivity index (χ0) is 16.3. The van der Waals surface area contributed by atoms with Crippen molar-refractivity contribution in [3.63, 3.8) is 0 Å². The smallest absolute Gasteiger partial charge is 0.255 e. The maximum atomic E-state index is 11.3. The summed E-state index contributed by atoms with van der Waals surface area (Å²) in [6.07, 6.45) is 5.40. The second-order valence-electron chi connectivity index (χ2n) is 4.36. The van der Waals surface area contributed by atoms with Gasteiger partial charge in [-0.05, 0) is 23.3 Å². The standard InChI is InChI=1S/C18H14O5/c19-17(13-11-15-7-3-1-4-8-15)21-23-22-18(20)14-12-16-9-5-2-6-10-16/h1-14H/b13-11+,14-12+. The zero-order valence-corrected chi connectivity index (χ0v) is 12.1. The molecule has 0 unspecified atom stereocenters. The van der Waals surface area contributed by atoms with E-state index in [1.165, 1.54) is 0 Å². The number of rotatable bonds is 6. The van der Waals surface area contributed by atoms with E-state index in [0.29, 0.717) is 0 Å². The quantitative estimate of drug-likeness (QED) is 0.465. The molecule has 0 aromatic heterocycles. The van der Waals surface area contributed by atoms with Gasteiger partial charge < -0.3 is 0 Å². The van der Waals surface area contributed by atoms with Crippen molar-refractivity contribution in [2.24, 2.45) is 0 Å². The second-order valence-corrected chi connectivity index (χ2v) is 4.36. The summed E-state index contributed by atoms with van der Waals surface area (Å²) in [5.41, 5.74) is 1.65. The van der Waals surface area contributed by atoms with Gasteiger partial charge in [-0.1, -0.05) is 60.7 Å². The molecule has 0 saturated carbocycles. The number of carbonyl (C=O) groups excluding carboxylic acids is 2. The molecule has 0 fully saturated rings. The Balaban J connectivity index is 1.70. The van der Waals surface area contributed by atoms with Crippen LogP contribution in [-0.2, 0) is 24.4 Å². The first-order valence-corrected chi connectivity index (χ1v) is 6.79. The molecule has 2 aromatic rings. The highest BCUT2D eigenvalue weighted by Gasteiger charge is 2.03. The molecule has 0 saturated heterocycles. The normalized spacial score (nSPS) is 10.8. The minimum absolute atomic E-state index is 0.798. The molecule has 0 heterocycles. The van der Waals surface area contributed by atoms with Gasteiger partial charge in [-0.15, -0.1) is 0 Å². The zero-order valence-electron chi connectivity index (χ0n) is 12.1. The average molecular weight is 310 g/mol. The first kappa shape index (κ1) is 16.2. The molecule has 0 aliphatic carbocycles. The molecule has 2 aromatic carbocycles. The van der Waals surface area contributed by atoms with Crippen molar-refractivity contribution in [1.82, 2.24) is 0 Å². The molecule has 23 heavy (non-hydrogen) atoms. The molecule has 0 spiro atoms. The molecule has 0 atom stereocenters. The Morgan fingerprint density at radius 1 is 0.652 bits per heavy atom. The maximum Gasteiger partial charge on any atom is 0.370 e. The van der Waals surface area contributed by atoms with Gasteiger partial charge in [-0.3, -0.25) is 9.78 Å². The lowest BCUT2D eigenvalue weighted by Crippen LogP contribution is -2.06. The van der Waals surface area contributed by atoms with Gasteiger partial charge in [0.05, 0.1) is 0 Å². The first-order valence-electron chi connectivity index (χ1n) is 6.79. The summed E-state index contributed by atoms with van der Waals surface area (Å²) < 4.78 is 0. The molecular formula is C18H14O5. The van der Waals surface area contributed by atoms with Crippen LogP contribution in [0.5, 0.6) is 0 Å². The van der Waals surface area contributed by atoms with Crippen LogP contribution in [0.1, 0.15) is 11.1 Å². The SMILES string of the molecule is O=C(/C=C/c1ccccc1)OOOC(=O)/C=C/c1ccccc1. The Hall–Kier alpha value is -3.18. The Bertz CT molecular complexity index is 628. The minimum Gasteiger partial charge on any atom is -0.255 e. The van der Waals surface area contributed by atoms with Crippen LogP contribution in [0.4, 0.5) is 0 Å². The lowest BCUT2D eigenvalue weighted by atomic mass is 10.2. The van der Waals surface area contributed by atoms with Crippen LogP contribution in [0.3, 0.4) is 0 Å². The number of benzene rings is 2. The molecule has 116 valence electrons. The van der Waals surface area contributed by atoms with Crippen molar-refractivity contribution < 1.29 is 24.4 Å². The molecule has 2 rings (SSSR count). The van der Waals surface area contributed by atoms with E-state index < -0.39 is 11.9 Å². The van der Waals surface area contributed by atoms with Gasteiger partial charge in [0, 0.05) is 17.2 Å². The summed E-state index contributed by atoms with van der Waals surface area (Å²) in [5.74, 6) is -1.60. The summed E-state index contributed by atoms with van der Waals surface area (Å²) >= 11 is 0. The van der Waals surface area contributed by atoms with Gasteiger partial charge >= 0.3 is 11.9 Å². The molecule has 0 N–H and O–H groups in total. The lowest BCUT2D eigenvalue weighted by Gasteiger charge is -1.97. The van der Waals surface area contributed by atoms with Crippen LogP contribution in [0.15, 0.2) is 72.8 Å². The van der Waals surface area contributed by atoms with Crippen molar-refractivity contribution in [2.75, 3.05) is 0 Å². The van der Waals surface area contributed by atoms with Crippen molar-refractivity contribution in [3.8, 4) is 0 Å². The number of hydrogen-bond acceptors (Lipinski definition) is 5. The molecule has 0 radical (unpaired) electrons. The molecular weight excluding hydrogens is 296 g/mol. The van der Waals surface area contributed by atoms with Crippen LogP contribution in [0, 0.1) is 0 Å². The van der Waals surface area contributed by atoms with E-state index in [1.54, 1.807) is 12.2 Å². The van der Waals surface area contributed by atoms with Gasteiger partial charge in [-0.2, -0.15) is 0 Å². The Morgan fingerprint density at radius 2 is 1.04 bits per heavy atom. The summed E-state index contributed by atoms with van der Waals surface area (Å²) in [6.45, 7) is 0. The number of carbonyl (C=O) groups is 2. The van der Waals surface area contributed by atoms with Crippen LogP contribution in [0.25, 0.3) is 12.2 Å². The van der Waals surface area contributed by atoms with E-state index in [0.717, 1.165) is 23.3 Å². The van der Waals surface area contributed by atoms with E-state index >= 15 is 0 Å². The third kappa shape index (κ3) is 6.41. The van der Waals surface area contributed by atoms with Crippen LogP contribution < -0.4 is 0 Å². The van der Waals surface area contributed by atoms with Crippen molar-refractivity contribution >= 4 is 24.1 Å². The monoisotopic (exact) mass is 310 g/mol. The summed E-state index contributed by atoms with van der Waals surface area (Å²) in [7, 11) is 0. The summed E-state index contributed by atoms with van der Waals surface area (Å²) in [4.78, 5) is 31.2. The molecule has 0 aliphatic heterocycles. The molecule has 0 amide bonds. The average Bonchev–Trinajstić information content (AvgIpc) is 2.60. The lowest BCUT2D eigenvalue weighted by molar-refractivity contribution is -0.455. The van der Waals surface area contributed by atoms with Gasteiger partial charge in [0.1, 0.15) is 0 Å². The van der Waals surface area contributed by atoms with E-state index in [-0.39, 0.29) is 0 Å². The fourth-order valence-corrected chi connectivity index (χ4v) is 1.60. The third-order valence-electron chi connectivity index (χ3n) is 2.66. The van der Waals surface area contributed by atoms with E-state index in [2.05, 4.69) is 14.8 Å². The Labute approximate surface area is 133 Å². The van der Waals surface area contributed by atoms with Gasteiger partial charge in [0.15, 0.2) is 0 Å². The largest absolute Gasteiger partial charge is 0.370 e. The van der Waals surface area contributed by atoms with Crippen molar-refractivity contribution in [1.29, 1.82) is 0 Å². The van der Waals surface area contributed by atoms with E-state index in [1.807, 2.05) is 60.7 Å². The van der Waals surface area contributed by atoms with Crippen molar-refractivity contribution in [3.05, 3.63) is 83.9 Å². The molecule has 5 heteroatoms. The molecule has 5 nitrogen and oxygen atoms in total. The summed E-state index contributed by atoms with van der Waals surface area (Å²) in [6, 6.07) is 18.3. The fourth-order valence-electron chi connectivity index (χ4n) is 1.60. The van der Waals surface area contributed by atoms with E-state index in [9.17, 15) is 9.59 Å². The van der Waals surface area contributed by atoms with Gasteiger partial charge in [0.2, 0.25) is 0 Å². The fraction of sp³-hybridized carbons (Fsp3) is 0. The Morgan fingerprint density at radius 3 is 1.43 bits per heavy atom. The van der Waals surface area contributed by atoms with E-state index in [4.69, 9.17) is 0 Å². The third-order valence-corrected chi connectivity index (χ3v) is 2.66. The minimum atomic E-state index is -0.798. The highest BCUT2D eigenvalue weighted by Crippen LogP contribution is 2.02. The first-order chi connectivity index (χ1) is 11.2. The van der Waals surface area contributed by atoms with Crippen LogP contribution in [-0.4, -0.2) is 11.9 Å². The van der Waals surface area contributed by atoms with Crippen LogP contribution >= 0.6 is 0 Å². The number of hydrogen-bond donors (Lipinski definition) is 0. The van der Waals surface area contributed by atoms with Gasteiger partial charge in [-0.25, -0.2) is 9.59 Å². The van der Waals surface area contributed by atoms with Crippen LogP contribution in [0.2, 0.25) is 0 Å². The maximum absolute atomic E-state index is 11.3. The molecule has 0 aliphatic rings. The predicted molar refractivity (Wildman–Crippen MR) is 84.2 cm³/mol.